The molecule has 0 aliphatic carbocycles. The molecule has 1 heterocycles. The van der Waals surface area contributed by atoms with Crippen molar-refractivity contribution in [3.8, 4) is 0 Å². The zero-order valence-corrected chi connectivity index (χ0v) is 11.8. The number of hydrogen-bond acceptors (Lipinski definition) is 4. The highest BCUT2D eigenvalue weighted by Crippen LogP contribution is 2.19. The van der Waals surface area contributed by atoms with Crippen molar-refractivity contribution in [1.82, 2.24) is 14.9 Å². The number of hydrogen-bond donors (Lipinski definition) is 1. The summed E-state index contributed by atoms with van der Waals surface area (Å²) in [6, 6.07) is 0.0350. The fraction of sp³-hybridized carbons (Fsp3) is 0.692. The minimum Gasteiger partial charge on any atom is -0.468 e. The smallest absolute Gasteiger partial charge is 0.329 e. The normalized spacial score (nSPS) is 14.6. The number of nitrogens with zero attached hydrogens (tertiary/aromatic N) is 2. The van der Waals surface area contributed by atoms with Crippen LogP contribution in [0.1, 0.15) is 51.9 Å². The molecule has 18 heavy (non-hydrogen) atoms. The van der Waals surface area contributed by atoms with Crippen LogP contribution in [-0.2, 0) is 9.53 Å². The van der Waals surface area contributed by atoms with E-state index in [1.54, 1.807) is 12.5 Å². The van der Waals surface area contributed by atoms with Crippen molar-refractivity contribution in [2.75, 3.05) is 7.11 Å². The molecule has 0 saturated carbocycles. The highest BCUT2D eigenvalue weighted by molar-refractivity contribution is 5.77. The predicted molar refractivity (Wildman–Crippen MR) is 70.3 cm³/mol. The lowest BCUT2D eigenvalue weighted by molar-refractivity contribution is -0.143. The van der Waals surface area contributed by atoms with Gasteiger partial charge in [0.2, 0.25) is 0 Å². The summed E-state index contributed by atoms with van der Waals surface area (Å²) in [6.07, 6.45) is 4.41. The Bertz CT molecular complexity index is 387. The number of esters is 1. The molecule has 0 aromatic carbocycles. The van der Waals surface area contributed by atoms with Gasteiger partial charge in [0.25, 0.3) is 0 Å². The number of carbonyl (C=O) groups is 1. The molecule has 0 spiro atoms. The van der Waals surface area contributed by atoms with Gasteiger partial charge in [0.15, 0.2) is 0 Å². The summed E-state index contributed by atoms with van der Waals surface area (Å²) in [5.74, 6) is -0.280. The third-order valence-corrected chi connectivity index (χ3v) is 3.05. The Kier molecular flexibility index (Phi) is 5.34. The van der Waals surface area contributed by atoms with Crippen LogP contribution in [0.2, 0.25) is 0 Å². The molecule has 0 aliphatic heterocycles. The van der Waals surface area contributed by atoms with Crippen molar-refractivity contribution in [2.45, 2.75) is 52.2 Å². The maximum absolute atomic E-state index is 11.9. The van der Waals surface area contributed by atoms with Crippen LogP contribution in [0.15, 0.2) is 12.5 Å². The molecule has 1 N–H and O–H groups in total. The van der Waals surface area contributed by atoms with E-state index in [4.69, 9.17) is 4.74 Å². The average molecular weight is 253 g/mol. The Morgan fingerprint density at radius 1 is 1.50 bits per heavy atom. The van der Waals surface area contributed by atoms with Gasteiger partial charge in [-0.15, -0.1) is 0 Å². The van der Waals surface area contributed by atoms with E-state index in [0.717, 1.165) is 12.1 Å². The first kappa shape index (κ1) is 14.7. The molecule has 1 aromatic rings. The summed E-state index contributed by atoms with van der Waals surface area (Å²) in [4.78, 5) is 16.0. The van der Waals surface area contributed by atoms with Crippen molar-refractivity contribution in [3.05, 3.63) is 18.2 Å². The molecule has 102 valence electrons. The quantitative estimate of drug-likeness (QED) is 0.788. The molecule has 2 atom stereocenters. The lowest BCUT2D eigenvalue weighted by Gasteiger charge is -2.23. The van der Waals surface area contributed by atoms with E-state index in [9.17, 15) is 4.79 Å². The molecule has 0 bridgehead atoms. The Hall–Kier alpha value is -1.36. The van der Waals surface area contributed by atoms with Crippen LogP contribution in [0.25, 0.3) is 0 Å². The van der Waals surface area contributed by atoms with Crippen LogP contribution in [0, 0.1) is 0 Å². The van der Waals surface area contributed by atoms with Gasteiger partial charge in [-0.25, -0.2) is 9.78 Å². The molecular formula is C13H23N3O2. The fourth-order valence-electron chi connectivity index (χ4n) is 1.76. The van der Waals surface area contributed by atoms with Gasteiger partial charge >= 0.3 is 5.97 Å². The molecule has 1 aromatic heterocycles. The molecule has 0 amide bonds. The molecule has 0 saturated heterocycles. The van der Waals surface area contributed by atoms with Crippen molar-refractivity contribution < 1.29 is 9.53 Å². The van der Waals surface area contributed by atoms with Crippen LogP contribution >= 0.6 is 0 Å². The van der Waals surface area contributed by atoms with Crippen LogP contribution in [-0.4, -0.2) is 28.7 Å². The van der Waals surface area contributed by atoms with Gasteiger partial charge in [-0.1, -0.05) is 6.92 Å². The zero-order chi connectivity index (χ0) is 13.7. The summed E-state index contributed by atoms with van der Waals surface area (Å²) >= 11 is 0. The van der Waals surface area contributed by atoms with Gasteiger partial charge in [-0.2, -0.15) is 0 Å². The summed E-state index contributed by atoms with van der Waals surface area (Å²) < 4.78 is 6.86. The largest absolute Gasteiger partial charge is 0.468 e. The molecule has 0 aliphatic rings. The third kappa shape index (κ3) is 3.32. The van der Waals surface area contributed by atoms with Crippen LogP contribution in [0.5, 0.6) is 0 Å². The van der Waals surface area contributed by atoms with Crippen molar-refractivity contribution in [3.63, 3.8) is 0 Å². The zero-order valence-electron chi connectivity index (χ0n) is 11.8. The highest BCUT2D eigenvalue weighted by atomic mass is 16.5. The number of ether oxygens (including phenoxy) is 1. The maximum atomic E-state index is 11.9. The minimum atomic E-state index is -0.463. The van der Waals surface area contributed by atoms with Crippen molar-refractivity contribution >= 4 is 5.97 Å². The van der Waals surface area contributed by atoms with Crippen molar-refractivity contribution in [2.24, 2.45) is 0 Å². The molecule has 1 rings (SSSR count). The molecule has 0 fully saturated rings. The number of rotatable bonds is 6. The minimum absolute atomic E-state index is 0.240. The second kappa shape index (κ2) is 6.54. The maximum Gasteiger partial charge on any atom is 0.329 e. The first-order valence-corrected chi connectivity index (χ1v) is 6.36. The predicted octanol–water partition coefficient (Wildman–Crippen LogP) is 2.07. The number of carbonyl (C=O) groups excluding carboxylic acids is 1. The number of nitrogens with one attached hydrogen (secondary N) is 1. The first-order chi connectivity index (χ1) is 8.51. The number of aromatic nitrogens is 2. The van der Waals surface area contributed by atoms with Crippen LogP contribution < -0.4 is 5.32 Å². The van der Waals surface area contributed by atoms with Gasteiger partial charge in [0.05, 0.1) is 25.3 Å². The molecule has 0 radical (unpaired) electrons. The second-order valence-corrected chi connectivity index (χ2v) is 4.75. The van der Waals surface area contributed by atoms with Gasteiger partial charge < -0.3 is 9.30 Å². The van der Waals surface area contributed by atoms with E-state index in [2.05, 4.69) is 31.1 Å². The standard InChI is InChI=1S/C13H23N3O2/c1-6-10(4)15-12(13(17)18-5)11-7-14-8-16(11)9(2)3/h7-10,12,15H,6H2,1-5H3. The van der Waals surface area contributed by atoms with Crippen molar-refractivity contribution in [1.29, 1.82) is 0 Å². The number of methoxy groups -OCH3 is 1. The molecule has 2 unspecified atom stereocenters. The SMILES string of the molecule is CCC(C)NC(C(=O)OC)c1cncn1C(C)C. The molecular weight excluding hydrogens is 230 g/mol. The van der Waals surface area contributed by atoms with Crippen LogP contribution in [0.4, 0.5) is 0 Å². The Morgan fingerprint density at radius 3 is 2.67 bits per heavy atom. The lowest BCUT2D eigenvalue weighted by Crippen LogP contribution is -2.37. The molecule has 5 nitrogen and oxygen atoms in total. The van der Waals surface area contributed by atoms with E-state index < -0.39 is 6.04 Å². The van der Waals surface area contributed by atoms with Gasteiger partial charge in [0.1, 0.15) is 6.04 Å². The average Bonchev–Trinajstić information content (AvgIpc) is 2.83. The lowest BCUT2D eigenvalue weighted by atomic mass is 10.1. The van der Waals surface area contributed by atoms with E-state index >= 15 is 0 Å². The summed E-state index contributed by atoms with van der Waals surface area (Å²) in [6.45, 7) is 8.24. The summed E-state index contributed by atoms with van der Waals surface area (Å²) in [5, 5.41) is 3.28. The number of imidazole rings is 1. The summed E-state index contributed by atoms with van der Waals surface area (Å²) in [5.41, 5.74) is 0.845. The van der Waals surface area contributed by atoms with Crippen LogP contribution in [0.3, 0.4) is 0 Å². The van der Waals surface area contributed by atoms with E-state index in [1.165, 1.54) is 7.11 Å². The van der Waals surface area contributed by atoms with Gasteiger partial charge in [-0.05, 0) is 27.2 Å². The first-order valence-electron chi connectivity index (χ1n) is 6.36. The molecule has 5 heteroatoms. The summed E-state index contributed by atoms with van der Waals surface area (Å²) in [7, 11) is 1.41. The van der Waals surface area contributed by atoms with E-state index in [0.29, 0.717) is 0 Å². The topological polar surface area (TPSA) is 56.1 Å². The van der Waals surface area contributed by atoms with E-state index in [1.807, 2.05) is 11.5 Å². The van der Waals surface area contributed by atoms with Gasteiger partial charge in [-0.3, -0.25) is 5.32 Å². The fourth-order valence-corrected chi connectivity index (χ4v) is 1.76. The third-order valence-electron chi connectivity index (χ3n) is 3.05. The monoisotopic (exact) mass is 253 g/mol. The second-order valence-electron chi connectivity index (χ2n) is 4.75. The highest BCUT2D eigenvalue weighted by Gasteiger charge is 2.26. The Balaban J connectivity index is 3.01. The Morgan fingerprint density at radius 2 is 2.17 bits per heavy atom. The van der Waals surface area contributed by atoms with Gasteiger partial charge in [0, 0.05) is 12.1 Å². The Labute approximate surface area is 109 Å². The van der Waals surface area contributed by atoms with E-state index in [-0.39, 0.29) is 18.1 Å².